The highest BCUT2D eigenvalue weighted by Gasteiger charge is 1.98. The summed E-state index contributed by atoms with van der Waals surface area (Å²) >= 11 is 1.71. The number of nitrogens with zero attached hydrogens (tertiary/aromatic N) is 1. The molecule has 68 valence electrons. The number of nitrogens with one attached hydrogen (secondary N) is 1. The summed E-state index contributed by atoms with van der Waals surface area (Å²) < 4.78 is 0. The topological polar surface area (TPSA) is 35.8 Å². The fraction of sp³-hybridized carbons (Fsp3) is 0.300. The molecule has 0 aliphatic heterocycles. The van der Waals surface area contributed by atoms with Gasteiger partial charge < -0.3 is 5.32 Å². The van der Waals surface area contributed by atoms with E-state index < -0.39 is 0 Å². The van der Waals surface area contributed by atoms with Gasteiger partial charge >= 0.3 is 0 Å². The summed E-state index contributed by atoms with van der Waals surface area (Å²) in [5.74, 6) is 0. The molecule has 0 fully saturated rings. The Bertz CT molecular complexity index is 300. The van der Waals surface area contributed by atoms with Gasteiger partial charge in [0.15, 0.2) is 0 Å². The van der Waals surface area contributed by atoms with Crippen LogP contribution in [0.25, 0.3) is 0 Å². The molecule has 1 atom stereocenters. The number of hydrogen-bond donors (Lipinski definition) is 1. The predicted octanol–water partition coefficient (Wildman–Crippen LogP) is 2.73. The van der Waals surface area contributed by atoms with Crippen molar-refractivity contribution in [3.8, 4) is 6.07 Å². The second kappa shape index (κ2) is 4.78. The summed E-state index contributed by atoms with van der Waals surface area (Å²) in [5, 5.41) is 11.7. The second-order valence-corrected chi connectivity index (χ2v) is 3.60. The SMILES string of the molecule is CSc1ccc(NC(C)C#N)cc1. The van der Waals surface area contributed by atoms with Gasteiger partial charge in [0.1, 0.15) is 6.04 Å². The summed E-state index contributed by atoms with van der Waals surface area (Å²) in [5.41, 5.74) is 0.992. The van der Waals surface area contributed by atoms with E-state index in [1.54, 1.807) is 11.8 Å². The summed E-state index contributed by atoms with van der Waals surface area (Å²) in [6.07, 6.45) is 2.04. The maximum atomic E-state index is 8.58. The van der Waals surface area contributed by atoms with Crippen molar-refractivity contribution in [3.05, 3.63) is 24.3 Å². The van der Waals surface area contributed by atoms with Crippen molar-refractivity contribution < 1.29 is 0 Å². The van der Waals surface area contributed by atoms with Gasteiger partial charge in [-0.2, -0.15) is 5.26 Å². The van der Waals surface area contributed by atoms with Crippen molar-refractivity contribution in [2.24, 2.45) is 0 Å². The summed E-state index contributed by atoms with van der Waals surface area (Å²) in [4.78, 5) is 1.23. The monoisotopic (exact) mass is 192 g/mol. The smallest absolute Gasteiger partial charge is 0.111 e. The summed E-state index contributed by atoms with van der Waals surface area (Å²) in [6, 6.07) is 10.0. The van der Waals surface area contributed by atoms with E-state index in [9.17, 15) is 0 Å². The Morgan fingerprint density at radius 2 is 2.00 bits per heavy atom. The lowest BCUT2D eigenvalue weighted by molar-refractivity contribution is 1.01. The standard InChI is InChI=1S/C10H12N2S/c1-8(7-11)12-9-3-5-10(13-2)6-4-9/h3-6,8,12H,1-2H3. The van der Waals surface area contributed by atoms with Crippen LogP contribution in [0.3, 0.4) is 0 Å². The Morgan fingerprint density at radius 1 is 1.38 bits per heavy atom. The first-order chi connectivity index (χ1) is 6.26. The van der Waals surface area contributed by atoms with Crippen molar-refractivity contribution in [3.63, 3.8) is 0 Å². The van der Waals surface area contributed by atoms with Crippen LogP contribution in [0.2, 0.25) is 0 Å². The van der Waals surface area contributed by atoms with Crippen molar-refractivity contribution in [2.45, 2.75) is 17.9 Å². The molecule has 2 nitrogen and oxygen atoms in total. The second-order valence-electron chi connectivity index (χ2n) is 2.72. The van der Waals surface area contributed by atoms with Gasteiger partial charge in [-0.3, -0.25) is 0 Å². The third kappa shape index (κ3) is 3.00. The fourth-order valence-corrected chi connectivity index (χ4v) is 1.38. The first kappa shape index (κ1) is 9.94. The van der Waals surface area contributed by atoms with E-state index in [-0.39, 0.29) is 6.04 Å². The third-order valence-electron chi connectivity index (χ3n) is 1.67. The highest BCUT2D eigenvalue weighted by atomic mass is 32.2. The molecule has 3 heteroatoms. The fourth-order valence-electron chi connectivity index (χ4n) is 0.970. The molecule has 0 aromatic heterocycles. The van der Waals surface area contributed by atoms with Gasteiger partial charge in [-0.05, 0) is 37.4 Å². The number of hydrogen-bond acceptors (Lipinski definition) is 3. The zero-order chi connectivity index (χ0) is 9.68. The Morgan fingerprint density at radius 3 is 2.46 bits per heavy atom. The molecule has 1 N–H and O–H groups in total. The lowest BCUT2D eigenvalue weighted by atomic mass is 10.3. The van der Waals surface area contributed by atoms with Gasteiger partial charge in [0.2, 0.25) is 0 Å². The number of benzene rings is 1. The van der Waals surface area contributed by atoms with E-state index >= 15 is 0 Å². The van der Waals surface area contributed by atoms with Crippen molar-refractivity contribution in [1.29, 1.82) is 5.26 Å². The number of thioether (sulfide) groups is 1. The number of anilines is 1. The summed E-state index contributed by atoms with van der Waals surface area (Å²) in [6.45, 7) is 1.84. The van der Waals surface area contributed by atoms with Gasteiger partial charge in [0.05, 0.1) is 6.07 Å². The van der Waals surface area contributed by atoms with Crippen molar-refractivity contribution in [2.75, 3.05) is 11.6 Å². The van der Waals surface area contributed by atoms with Gasteiger partial charge in [-0.25, -0.2) is 0 Å². The molecule has 0 bridgehead atoms. The van der Waals surface area contributed by atoms with Crippen LogP contribution in [0.4, 0.5) is 5.69 Å². The first-order valence-electron chi connectivity index (χ1n) is 4.06. The molecular formula is C10H12N2S. The Labute approximate surface area is 83.0 Å². The minimum Gasteiger partial charge on any atom is -0.370 e. The molecule has 13 heavy (non-hydrogen) atoms. The van der Waals surface area contributed by atoms with Crippen molar-refractivity contribution in [1.82, 2.24) is 0 Å². The number of nitriles is 1. The molecule has 0 saturated carbocycles. The minimum absolute atomic E-state index is 0.139. The molecule has 0 radical (unpaired) electrons. The summed E-state index contributed by atoms with van der Waals surface area (Å²) in [7, 11) is 0. The van der Waals surface area contributed by atoms with E-state index in [2.05, 4.69) is 11.4 Å². The molecule has 1 aromatic carbocycles. The largest absolute Gasteiger partial charge is 0.370 e. The van der Waals surface area contributed by atoms with Gasteiger partial charge in [0.25, 0.3) is 0 Å². The molecule has 1 rings (SSSR count). The lowest BCUT2D eigenvalue weighted by Crippen LogP contribution is -2.11. The Kier molecular flexibility index (Phi) is 3.66. The maximum absolute atomic E-state index is 8.58. The van der Waals surface area contributed by atoms with Crippen LogP contribution >= 0.6 is 11.8 Å². The molecule has 1 unspecified atom stereocenters. The van der Waals surface area contributed by atoms with Gasteiger partial charge in [-0.1, -0.05) is 0 Å². The molecular weight excluding hydrogens is 180 g/mol. The van der Waals surface area contributed by atoms with Crippen LogP contribution in [0.15, 0.2) is 29.2 Å². The van der Waals surface area contributed by atoms with Gasteiger partial charge in [-0.15, -0.1) is 11.8 Å². The van der Waals surface area contributed by atoms with E-state index in [1.807, 2.05) is 37.4 Å². The highest BCUT2D eigenvalue weighted by molar-refractivity contribution is 7.98. The quantitative estimate of drug-likeness (QED) is 0.748. The molecule has 0 heterocycles. The van der Waals surface area contributed by atoms with Gasteiger partial charge in [0, 0.05) is 10.6 Å². The average Bonchev–Trinajstić information content (AvgIpc) is 2.19. The van der Waals surface area contributed by atoms with Crippen LogP contribution in [-0.4, -0.2) is 12.3 Å². The molecule has 0 aliphatic carbocycles. The zero-order valence-corrected chi connectivity index (χ0v) is 8.56. The molecule has 1 aromatic rings. The Balaban J connectivity index is 2.65. The van der Waals surface area contributed by atoms with E-state index in [0.29, 0.717) is 0 Å². The molecule has 0 spiro atoms. The van der Waals surface area contributed by atoms with Crippen LogP contribution < -0.4 is 5.32 Å². The predicted molar refractivity (Wildman–Crippen MR) is 56.9 cm³/mol. The molecule has 0 aliphatic rings. The van der Waals surface area contributed by atoms with E-state index in [1.165, 1.54) is 4.90 Å². The molecule has 0 saturated heterocycles. The van der Waals surface area contributed by atoms with E-state index in [0.717, 1.165) is 5.69 Å². The van der Waals surface area contributed by atoms with Crippen LogP contribution in [0, 0.1) is 11.3 Å². The molecule has 0 amide bonds. The number of rotatable bonds is 3. The van der Waals surface area contributed by atoms with Crippen molar-refractivity contribution >= 4 is 17.4 Å². The Hall–Kier alpha value is -1.14. The first-order valence-corrected chi connectivity index (χ1v) is 5.29. The highest BCUT2D eigenvalue weighted by Crippen LogP contribution is 2.17. The van der Waals surface area contributed by atoms with E-state index in [4.69, 9.17) is 5.26 Å². The lowest BCUT2D eigenvalue weighted by Gasteiger charge is -2.07. The normalized spacial score (nSPS) is 11.8. The average molecular weight is 192 g/mol. The third-order valence-corrected chi connectivity index (χ3v) is 2.41. The van der Waals surface area contributed by atoms with Crippen LogP contribution in [-0.2, 0) is 0 Å². The van der Waals surface area contributed by atoms with Crippen LogP contribution in [0.1, 0.15) is 6.92 Å². The zero-order valence-electron chi connectivity index (χ0n) is 7.74. The minimum atomic E-state index is -0.139. The maximum Gasteiger partial charge on any atom is 0.111 e. The van der Waals surface area contributed by atoms with Crippen LogP contribution in [0.5, 0.6) is 0 Å².